The molecule has 3 heterocycles. The molecule has 142 valence electrons. The van der Waals surface area contributed by atoms with Crippen molar-refractivity contribution in [3.05, 3.63) is 101 Å². The molecule has 1 unspecified atom stereocenters. The maximum atomic E-state index is 5.49. The fourth-order valence-corrected chi connectivity index (χ4v) is 4.96. The number of nitrogens with one attached hydrogen (secondary N) is 1. The minimum Gasteiger partial charge on any atom is -0.497 e. The maximum Gasteiger partial charge on any atom is 0.119 e. The molecule has 29 heavy (non-hydrogen) atoms. The summed E-state index contributed by atoms with van der Waals surface area (Å²) < 4.78 is 5.49. The topological polar surface area (TPSA) is 28.3 Å². The van der Waals surface area contributed by atoms with Crippen molar-refractivity contribution in [1.82, 2.24) is 9.88 Å². The number of rotatable bonds is 2. The van der Waals surface area contributed by atoms with Crippen molar-refractivity contribution in [3.63, 3.8) is 0 Å². The van der Waals surface area contributed by atoms with Crippen LogP contribution in [0.4, 0.5) is 0 Å². The van der Waals surface area contributed by atoms with Gasteiger partial charge in [-0.05, 0) is 52.9 Å². The van der Waals surface area contributed by atoms with Crippen LogP contribution in [0.5, 0.6) is 5.75 Å². The van der Waals surface area contributed by atoms with Crippen molar-refractivity contribution in [1.29, 1.82) is 0 Å². The van der Waals surface area contributed by atoms with Gasteiger partial charge in [-0.25, -0.2) is 0 Å². The molecule has 1 N–H and O–H groups in total. The van der Waals surface area contributed by atoms with Gasteiger partial charge in [0.25, 0.3) is 0 Å². The number of benzene rings is 3. The molecular formula is C26H22N2O. The second kappa shape index (κ2) is 6.28. The van der Waals surface area contributed by atoms with Gasteiger partial charge in [0, 0.05) is 28.8 Å². The van der Waals surface area contributed by atoms with E-state index in [0.29, 0.717) is 0 Å². The van der Waals surface area contributed by atoms with Gasteiger partial charge in [0.15, 0.2) is 0 Å². The number of aromatic nitrogens is 1. The summed E-state index contributed by atoms with van der Waals surface area (Å²) in [5.74, 6) is 0.913. The third kappa shape index (κ3) is 2.44. The number of nitrogens with zero attached hydrogens (tertiary/aromatic N) is 1. The lowest BCUT2D eigenvalue weighted by atomic mass is 9.85. The zero-order valence-electron chi connectivity index (χ0n) is 16.4. The summed E-state index contributed by atoms with van der Waals surface area (Å²) in [6, 6.07) is 26.1. The highest BCUT2D eigenvalue weighted by atomic mass is 16.5. The highest BCUT2D eigenvalue weighted by molar-refractivity contribution is 5.89. The molecule has 2 aliphatic rings. The van der Waals surface area contributed by atoms with E-state index in [9.17, 15) is 0 Å². The molecule has 3 heteroatoms. The first kappa shape index (κ1) is 16.5. The molecule has 0 bridgehead atoms. The Morgan fingerprint density at radius 2 is 1.79 bits per heavy atom. The quantitative estimate of drug-likeness (QED) is 0.489. The van der Waals surface area contributed by atoms with Gasteiger partial charge in [-0.1, -0.05) is 54.6 Å². The van der Waals surface area contributed by atoms with E-state index in [1.54, 1.807) is 7.11 Å². The molecule has 0 amide bonds. The summed E-state index contributed by atoms with van der Waals surface area (Å²) in [6.45, 7) is 0.997. The monoisotopic (exact) mass is 378 g/mol. The Hall–Kier alpha value is -3.46. The molecule has 0 saturated heterocycles. The number of aromatic amines is 1. The van der Waals surface area contributed by atoms with Gasteiger partial charge in [-0.3, -0.25) is 0 Å². The minimum absolute atomic E-state index is 0.202. The molecule has 1 aromatic heterocycles. The molecular weight excluding hydrogens is 356 g/mol. The van der Waals surface area contributed by atoms with Crippen LogP contribution in [0.1, 0.15) is 34.0 Å². The Balaban J connectivity index is 1.58. The van der Waals surface area contributed by atoms with E-state index in [1.165, 1.54) is 44.5 Å². The first-order valence-corrected chi connectivity index (χ1v) is 10.1. The molecule has 2 aliphatic heterocycles. The lowest BCUT2D eigenvalue weighted by Crippen LogP contribution is -2.37. The Morgan fingerprint density at radius 1 is 0.966 bits per heavy atom. The van der Waals surface area contributed by atoms with Crippen LogP contribution in [0.25, 0.3) is 22.7 Å². The fraction of sp³-hybridized carbons (Fsp3) is 0.154. The van der Waals surface area contributed by atoms with Gasteiger partial charge in [-0.2, -0.15) is 0 Å². The predicted molar refractivity (Wildman–Crippen MR) is 118 cm³/mol. The number of ether oxygens (including phenoxy) is 1. The largest absolute Gasteiger partial charge is 0.497 e. The molecule has 0 aliphatic carbocycles. The second-order valence-electron chi connectivity index (χ2n) is 7.80. The van der Waals surface area contributed by atoms with E-state index in [2.05, 4.69) is 82.7 Å². The third-order valence-electron chi connectivity index (χ3n) is 6.30. The summed E-state index contributed by atoms with van der Waals surface area (Å²) in [5.41, 5.74) is 9.16. The summed E-state index contributed by atoms with van der Waals surface area (Å²) in [5, 5.41) is 1.28. The average molecular weight is 378 g/mol. The lowest BCUT2D eigenvalue weighted by molar-refractivity contribution is 0.313. The summed E-state index contributed by atoms with van der Waals surface area (Å²) in [4.78, 5) is 6.32. The molecule has 3 nitrogen and oxygen atoms in total. The van der Waals surface area contributed by atoms with Crippen molar-refractivity contribution < 1.29 is 4.74 Å². The van der Waals surface area contributed by atoms with Crippen LogP contribution in [0, 0.1) is 0 Å². The third-order valence-corrected chi connectivity index (χ3v) is 6.30. The first-order valence-electron chi connectivity index (χ1n) is 10.1. The molecule has 0 radical (unpaired) electrons. The second-order valence-corrected chi connectivity index (χ2v) is 7.80. The Bertz CT molecular complexity index is 1250. The number of hydrogen-bond donors (Lipinski definition) is 1. The zero-order chi connectivity index (χ0) is 19.4. The molecule has 1 atom stereocenters. The summed E-state index contributed by atoms with van der Waals surface area (Å²) in [7, 11) is 1.73. The summed E-state index contributed by atoms with van der Waals surface area (Å²) >= 11 is 0. The van der Waals surface area contributed by atoms with Crippen LogP contribution >= 0.6 is 0 Å². The average Bonchev–Trinajstić information content (AvgIpc) is 3.16. The molecule has 0 fully saturated rings. The smallest absolute Gasteiger partial charge is 0.119 e. The molecule has 6 rings (SSSR count). The number of hydrogen-bond acceptors (Lipinski definition) is 2. The van der Waals surface area contributed by atoms with Crippen molar-refractivity contribution in [3.8, 4) is 5.75 Å². The van der Waals surface area contributed by atoms with Gasteiger partial charge < -0.3 is 14.6 Å². The SMILES string of the molecule is COc1ccc2[nH]c3c(c2c1)CCN1C(c2ccccc2)=Cc2ccccc2C31. The standard InChI is InChI=1S/C26H22N2O/c1-29-19-11-12-23-22(16-19)21-13-14-28-24(17-7-3-2-4-8-17)15-18-9-5-6-10-20(18)26(28)25(21)27-23/h2-12,15-16,26-27H,13-14H2,1H3. The van der Waals surface area contributed by atoms with Crippen LogP contribution in [0.15, 0.2) is 72.8 Å². The summed E-state index contributed by atoms with van der Waals surface area (Å²) in [6.07, 6.45) is 3.36. The van der Waals surface area contributed by atoms with E-state index in [1.807, 2.05) is 6.07 Å². The first-order chi connectivity index (χ1) is 14.3. The van der Waals surface area contributed by atoms with E-state index in [4.69, 9.17) is 4.74 Å². The van der Waals surface area contributed by atoms with Gasteiger partial charge in [-0.15, -0.1) is 0 Å². The number of methoxy groups -OCH3 is 1. The van der Waals surface area contributed by atoms with Crippen molar-refractivity contribution >= 4 is 22.7 Å². The number of fused-ring (bicyclic) bond motifs is 7. The van der Waals surface area contributed by atoms with Gasteiger partial charge >= 0.3 is 0 Å². The minimum atomic E-state index is 0.202. The Kier molecular flexibility index (Phi) is 3.57. The maximum absolute atomic E-state index is 5.49. The number of H-pyrrole nitrogens is 1. The van der Waals surface area contributed by atoms with Crippen LogP contribution < -0.4 is 4.74 Å². The lowest BCUT2D eigenvalue weighted by Gasteiger charge is -2.42. The van der Waals surface area contributed by atoms with Crippen LogP contribution in [-0.4, -0.2) is 23.5 Å². The van der Waals surface area contributed by atoms with Crippen molar-refractivity contribution in [2.45, 2.75) is 12.5 Å². The normalized spacial score (nSPS) is 17.3. The van der Waals surface area contributed by atoms with E-state index < -0.39 is 0 Å². The fourth-order valence-electron chi connectivity index (χ4n) is 4.96. The molecule has 0 spiro atoms. The molecule has 4 aromatic rings. The zero-order valence-corrected chi connectivity index (χ0v) is 16.4. The van der Waals surface area contributed by atoms with Crippen molar-refractivity contribution in [2.75, 3.05) is 13.7 Å². The van der Waals surface area contributed by atoms with E-state index in [0.717, 1.165) is 18.7 Å². The molecule has 3 aromatic carbocycles. The van der Waals surface area contributed by atoms with Crippen molar-refractivity contribution in [2.24, 2.45) is 0 Å². The predicted octanol–water partition coefficient (Wildman–Crippen LogP) is 5.64. The Morgan fingerprint density at radius 3 is 2.66 bits per heavy atom. The van der Waals surface area contributed by atoms with Crippen LogP contribution in [0.3, 0.4) is 0 Å². The molecule has 0 saturated carbocycles. The highest BCUT2D eigenvalue weighted by Crippen LogP contribution is 2.46. The Labute approximate surface area is 170 Å². The van der Waals surface area contributed by atoms with Gasteiger partial charge in [0.05, 0.1) is 13.2 Å². The van der Waals surface area contributed by atoms with E-state index in [-0.39, 0.29) is 6.04 Å². The van der Waals surface area contributed by atoms with Crippen LogP contribution in [-0.2, 0) is 6.42 Å². The van der Waals surface area contributed by atoms with Gasteiger partial charge in [0.2, 0.25) is 0 Å². The van der Waals surface area contributed by atoms with Crippen LogP contribution in [0.2, 0.25) is 0 Å². The van der Waals surface area contributed by atoms with Gasteiger partial charge in [0.1, 0.15) is 5.75 Å². The highest BCUT2D eigenvalue weighted by Gasteiger charge is 2.36. The van der Waals surface area contributed by atoms with E-state index >= 15 is 0 Å².